The number of carbonyl (C=O) groups excluding carboxylic acids is 2. The fourth-order valence-electron chi connectivity index (χ4n) is 3.89. The molecule has 0 saturated heterocycles. The Morgan fingerprint density at radius 1 is 0.684 bits per heavy atom. The van der Waals surface area contributed by atoms with E-state index >= 15 is 0 Å². The lowest BCUT2D eigenvalue weighted by Crippen LogP contribution is -2.43. The van der Waals surface area contributed by atoms with E-state index < -0.39 is 34.0 Å². The van der Waals surface area contributed by atoms with Gasteiger partial charge in [-0.15, -0.1) is 36.1 Å². The SMILES string of the molecule is [CH2]C(C)[C](OOC(=O)c1ccc([Si](C=C)(C=C)CC)cc1)OOC(=O)c1ccc([Si](C=C)(C=C)CC)cc1. The minimum absolute atomic E-state index is 0.278. The summed E-state index contributed by atoms with van der Waals surface area (Å²) >= 11 is 0. The van der Waals surface area contributed by atoms with Gasteiger partial charge in [-0.1, -0.05) is 78.2 Å². The maximum absolute atomic E-state index is 12.5. The molecule has 0 aliphatic carbocycles. The first kappa shape index (κ1) is 30.9. The van der Waals surface area contributed by atoms with Crippen LogP contribution in [0.1, 0.15) is 41.5 Å². The van der Waals surface area contributed by atoms with E-state index in [0.29, 0.717) is 0 Å². The maximum atomic E-state index is 12.5. The van der Waals surface area contributed by atoms with E-state index in [-0.39, 0.29) is 17.4 Å². The van der Waals surface area contributed by atoms with Crippen molar-refractivity contribution < 1.29 is 29.1 Å². The van der Waals surface area contributed by atoms with Crippen LogP contribution in [0.4, 0.5) is 0 Å². The molecule has 38 heavy (non-hydrogen) atoms. The van der Waals surface area contributed by atoms with Crippen molar-refractivity contribution in [1.29, 1.82) is 0 Å². The molecular formula is C30H36O6Si2. The largest absolute Gasteiger partial charge is 0.373 e. The maximum Gasteiger partial charge on any atom is 0.373 e. The molecule has 2 rings (SSSR count). The molecule has 1 unspecified atom stereocenters. The van der Waals surface area contributed by atoms with Crippen LogP contribution < -0.4 is 10.4 Å². The quantitative estimate of drug-likeness (QED) is 0.160. The Morgan fingerprint density at radius 2 is 1.00 bits per heavy atom. The topological polar surface area (TPSA) is 71.1 Å². The van der Waals surface area contributed by atoms with Gasteiger partial charge in [-0.05, 0) is 43.3 Å². The number of benzene rings is 2. The summed E-state index contributed by atoms with van der Waals surface area (Å²) in [6.45, 7) is 25.4. The Bertz CT molecular complexity index is 1030. The van der Waals surface area contributed by atoms with Crippen LogP contribution in [0.15, 0.2) is 97.6 Å². The molecule has 6 nitrogen and oxygen atoms in total. The molecule has 0 fully saturated rings. The summed E-state index contributed by atoms with van der Waals surface area (Å²) in [4.78, 5) is 44.9. The Kier molecular flexibility index (Phi) is 11.4. The van der Waals surface area contributed by atoms with Gasteiger partial charge in [-0.2, -0.15) is 0 Å². The van der Waals surface area contributed by atoms with E-state index in [9.17, 15) is 9.59 Å². The first-order chi connectivity index (χ1) is 18.1. The lowest BCUT2D eigenvalue weighted by Gasteiger charge is -2.23. The first-order valence-electron chi connectivity index (χ1n) is 12.4. The third kappa shape index (κ3) is 6.96. The van der Waals surface area contributed by atoms with Crippen molar-refractivity contribution in [1.82, 2.24) is 0 Å². The summed E-state index contributed by atoms with van der Waals surface area (Å²) in [5.74, 6) is -2.10. The molecule has 0 N–H and O–H groups in total. The second-order valence-corrected chi connectivity index (χ2v) is 17.3. The van der Waals surface area contributed by atoms with Crippen LogP contribution in [0.5, 0.6) is 0 Å². The van der Waals surface area contributed by atoms with Gasteiger partial charge in [0.25, 0.3) is 0 Å². The number of hydrogen-bond donors (Lipinski definition) is 0. The van der Waals surface area contributed by atoms with Crippen LogP contribution in [0, 0.1) is 19.1 Å². The number of carbonyl (C=O) groups is 2. The van der Waals surface area contributed by atoms with Crippen LogP contribution in [0.2, 0.25) is 12.1 Å². The van der Waals surface area contributed by atoms with Gasteiger partial charge in [0.15, 0.2) is 0 Å². The number of hydrogen-bond acceptors (Lipinski definition) is 6. The predicted octanol–water partition coefficient (Wildman–Crippen LogP) is 5.78. The monoisotopic (exact) mass is 548 g/mol. The second kappa shape index (κ2) is 14.0. The molecule has 0 aromatic heterocycles. The third-order valence-corrected chi connectivity index (χ3v) is 14.8. The van der Waals surface area contributed by atoms with Crippen LogP contribution in [-0.2, 0) is 19.6 Å². The minimum Gasteiger partial charge on any atom is -0.289 e. The lowest BCUT2D eigenvalue weighted by molar-refractivity contribution is -0.369. The average Bonchev–Trinajstić information content (AvgIpc) is 2.95. The molecule has 200 valence electrons. The van der Waals surface area contributed by atoms with Gasteiger partial charge in [0, 0.05) is 5.92 Å². The highest BCUT2D eigenvalue weighted by Crippen LogP contribution is 2.20. The molecule has 2 aromatic rings. The number of rotatable bonds is 15. The van der Waals surface area contributed by atoms with Crippen LogP contribution >= 0.6 is 0 Å². The van der Waals surface area contributed by atoms with Gasteiger partial charge in [-0.25, -0.2) is 9.59 Å². The molecule has 0 aliphatic rings. The fraction of sp³-hybridized carbons (Fsp3) is 0.200. The van der Waals surface area contributed by atoms with Gasteiger partial charge >= 0.3 is 18.2 Å². The van der Waals surface area contributed by atoms with Crippen LogP contribution in [0.3, 0.4) is 0 Å². The normalized spacial score (nSPS) is 11.6. The summed E-state index contributed by atoms with van der Waals surface area (Å²) in [5.41, 5.74) is 8.40. The van der Waals surface area contributed by atoms with Crippen molar-refractivity contribution in [3.63, 3.8) is 0 Å². The molecule has 0 amide bonds. The highest BCUT2D eigenvalue weighted by atomic mass is 28.3. The standard InChI is InChI=1S/C30H36O6Si2/c1-9-37(10-2,11-3)26-19-15-24(16-20-26)28(31)33-35-30(23(7)8)36-34-29(32)25-17-21-27(22-18-25)38(12-4,13-5)14-6/h9-10,12-13,15-23H,1-2,4-5,7,11,14H2,3,6,8H3. The molecule has 2 radical (unpaired) electrons. The molecule has 0 heterocycles. The van der Waals surface area contributed by atoms with Crippen molar-refractivity contribution in [3.8, 4) is 0 Å². The van der Waals surface area contributed by atoms with Crippen molar-refractivity contribution in [2.75, 3.05) is 0 Å². The summed E-state index contributed by atoms with van der Waals surface area (Å²) in [7, 11) is -4.03. The van der Waals surface area contributed by atoms with Gasteiger partial charge in [0.1, 0.15) is 16.1 Å². The summed E-state index contributed by atoms with van der Waals surface area (Å²) in [6.07, 6.45) is -0.286. The molecular weight excluding hydrogens is 512 g/mol. The Hall–Kier alpha value is -3.31. The zero-order chi connectivity index (χ0) is 28.3. The van der Waals surface area contributed by atoms with E-state index in [0.717, 1.165) is 22.5 Å². The molecule has 0 saturated carbocycles. The van der Waals surface area contributed by atoms with Crippen LogP contribution in [-0.4, -0.2) is 28.1 Å². The van der Waals surface area contributed by atoms with E-state index in [1.54, 1.807) is 31.2 Å². The Balaban J connectivity index is 2.00. The lowest BCUT2D eigenvalue weighted by atomic mass is 10.2. The predicted molar refractivity (Wildman–Crippen MR) is 156 cm³/mol. The van der Waals surface area contributed by atoms with Crippen molar-refractivity contribution >= 4 is 38.5 Å². The molecule has 0 spiro atoms. The van der Waals surface area contributed by atoms with E-state index in [2.05, 4.69) is 47.1 Å². The Labute approximate surface area is 228 Å². The minimum atomic E-state index is -2.01. The molecule has 0 bridgehead atoms. The van der Waals surface area contributed by atoms with Gasteiger partial charge in [0.2, 0.25) is 0 Å². The van der Waals surface area contributed by atoms with Crippen LogP contribution in [0.25, 0.3) is 0 Å². The Morgan fingerprint density at radius 3 is 1.24 bits per heavy atom. The molecule has 8 heteroatoms. The van der Waals surface area contributed by atoms with Crippen molar-refractivity contribution in [3.05, 3.63) is 122 Å². The van der Waals surface area contributed by atoms with E-state index in [1.807, 2.05) is 47.1 Å². The summed E-state index contributed by atoms with van der Waals surface area (Å²) < 4.78 is 0. The van der Waals surface area contributed by atoms with Crippen molar-refractivity contribution in [2.24, 2.45) is 5.92 Å². The molecule has 1 atom stereocenters. The summed E-state index contributed by atoms with van der Waals surface area (Å²) in [5, 5.41) is 2.17. The third-order valence-electron chi connectivity index (χ3n) is 6.74. The highest BCUT2D eigenvalue weighted by Gasteiger charge is 2.29. The fourth-order valence-corrected chi connectivity index (χ4v) is 8.71. The van der Waals surface area contributed by atoms with Crippen molar-refractivity contribution in [2.45, 2.75) is 32.9 Å². The zero-order valence-electron chi connectivity index (χ0n) is 22.4. The van der Waals surface area contributed by atoms with E-state index in [1.165, 1.54) is 0 Å². The van der Waals surface area contributed by atoms with Gasteiger partial charge in [-0.3, -0.25) is 9.78 Å². The highest BCUT2D eigenvalue weighted by molar-refractivity contribution is 7.00. The smallest absolute Gasteiger partial charge is 0.289 e. The molecule has 2 aromatic carbocycles. The van der Waals surface area contributed by atoms with Gasteiger partial charge < -0.3 is 0 Å². The second-order valence-electron chi connectivity index (χ2n) is 8.89. The average molecular weight is 549 g/mol. The zero-order valence-corrected chi connectivity index (χ0v) is 24.4. The molecule has 0 aliphatic heterocycles. The van der Waals surface area contributed by atoms with Gasteiger partial charge in [0.05, 0.1) is 11.1 Å². The summed E-state index contributed by atoms with van der Waals surface area (Å²) in [6, 6.07) is 15.9. The van der Waals surface area contributed by atoms with E-state index in [4.69, 9.17) is 19.6 Å². The first-order valence-corrected chi connectivity index (χ1v) is 17.1.